The first-order valence-electron chi connectivity index (χ1n) is 15.7. The lowest BCUT2D eigenvalue weighted by Crippen LogP contribution is -2.50. The number of fused-ring (bicyclic) bond motifs is 10. The number of imidazole rings is 1. The molecule has 1 saturated heterocycles. The highest BCUT2D eigenvalue weighted by molar-refractivity contribution is 5.95. The molecule has 1 N–H and O–H groups in total. The van der Waals surface area contributed by atoms with Gasteiger partial charge in [-0.3, -0.25) is 14.4 Å². The van der Waals surface area contributed by atoms with Crippen LogP contribution in [0.4, 0.5) is 0 Å². The molecular weight excluding hydrogens is 570 g/mol. The number of nitrogens with zero attached hydrogens (tertiary/aromatic N) is 4. The van der Waals surface area contributed by atoms with Crippen LogP contribution in [0.25, 0.3) is 5.65 Å². The minimum Gasteiger partial charge on any atom is -0.490 e. The Hall–Kier alpha value is -4.86. The molecule has 0 radical (unpaired) electrons. The Bertz CT molecular complexity index is 1690. The summed E-state index contributed by atoms with van der Waals surface area (Å²) in [7, 11) is 0. The summed E-state index contributed by atoms with van der Waals surface area (Å²) in [5.41, 5.74) is 2.68. The Balaban J connectivity index is 1.11. The number of hydrogen-bond acceptors (Lipinski definition) is 6. The van der Waals surface area contributed by atoms with Gasteiger partial charge < -0.3 is 29.0 Å². The normalized spacial score (nSPS) is 21.4. The fourth-order valence-corrected chi connectivity index (χ4v) is 6.89. The van der Waals surface area contributed by atoms with Crippen molar-refractivity contribution in [2.45, 2.75) is 31.6 Å². The molecule has 8 rings (SSSR count). The monoisotopic (exact) mass is 607 g/mol. The standard InChI is InChI=1S/C35H37N5O5/c41-31-21-39(34(43)28-20-38-16-5-4-14-30(38)37-28)17-8-18-44-29-13-7-12-26-27-19-40(23-35(27,22-36-31)24-45-33(26)29)32(42)15-6-11-25-9-2-1-3-10-25/h1-5,7,9-10,12-14,16,20,27H,6,8,11,15,17-19,21-24H2,(H,36,41)/t27-,35+/m0/s1. The molecule has 2 aromatic heterocycles. The Labute approximate surface area is 261 Å². The average Bonchev–Trinajstić information content (AvgIpc) is 3.68. The van der Waals surface area contributed by atoms with E-state index in [9.17, 15) is 14.4 Å². The van der Waals surface area contributed by atoms with Gasteiger partial charge in [0.1, 0.15) is 11.3 Å². The number of aryl methyl sites for hydroxylation is 1. The third-order valence-corrected chi connectivity index (χ3v) is 9.26. The second-order valence-corrected chi connectivity index (χ2v) is 12.3. The van der Waals surface area contributed by atoms with Gasteiger partial charge in [0, 0.05) is 61.9 Å². The maximum atomic E-state index is 13.6. The lowest BCUT2D eigenvalue weighted by molar-refractivity contribution is -0.130. The van der Waals surface area contributed by atoms with Gasteiger partial charge in [-0.2, -0.15) is 0 Å². The van der Waals surface area contributed by atoms with Crippen molar-refractivity contribution in [2.24, 2.45) is 5.41 Å². The number of hydrogen-bond donors (Lipinski definition) is 1. The van der Waals surface area contributed by atoms with E-state index in [1.54, 1.807) is 10.6 Å². The van der Waals surface area contributed by atoms with Gasteiger partial charge >= 0.3 is 0 Å². The number of para-hydroxylation sites is 1. The molecule has 2 aromatic carbocycles. The van der Waals surface area contributed by atoms with E-state index in [-0.39, 0.29) is 35.9 Å². The van der Waals surface area contributed by atoms with Crippen LogP contribution >= 0.6 is 0 Å². The lowest BCUT2D eigenvalue weighted by atomic mass is 9.73. The van der Waals surface area contributed by atoms with Crippen molar-refractivity contribution in [2.75, 3.05) is 45.9 Å². The van der Waals surface area contributed by atoms with Crippen molar-refractivity contribution in [3.8, 4) is 11.5 Å². The first kappa shape index (κ1) is 28.9. The molecule has 3 amide bonds. The Morgan fingerprint density at radius 1 is 1.00 bits per heavy atom. The molecule has 4 aliphatic heterocycles. The number of nitrogens with one attached hydrogen (secondary N) is 1. The van der Waals surface area contributed by atoms with Gasteiger partial charge in [-0.25, -0.2) is 4.98 Å². The molecule has 0 aliphatic carbocycles. The summed E-state index contributed by atoms with van der Waals surface area (Å²) in [6.07, 6.45) is 6.13. The van der Waals surface area contributed by atoms with Crippen molar-refractivity contribution in [1.82, 2.24) is 24.5 Å². The number of rotatable bonds is 5. The maximum absolute atomic E-state index is 13.6. The van der Waals surface area contributed by atoms with Crippen molar-refractivity contribution < 1.29 is 23.9 Å². The number of carbonyl (C=O) groups is 3. The molecule has 10 nitrogen and oxygen atoms in total. The van der Waals surface area contributed by atoms with Crippen molar-refractivity contribution >= 4 is 23.4 Å². The molecule has 232 valence electrons. The fraction of sp³-hybridized carbons (Fsp3) is 0.371. The molecule has 0 saturated carbocycles. The van der Waals surface area contributed by atoms with E-state index in [1.165, 1.54) is 10.5 Å². The van der Waals surface area contributed by atoms with Gasteiger partial charge in [0.05, 0.1) is 19.8 Å². The van der Waals surface area contributed by atoms with Crippen LogP contribution in [-0.2, 0) is 16.0 Å². The Kier molecular flexibility index (Phi) is 7.87. The van der Waals surface area contributed by atoms with Gasteiger partial charge in [-0.05, 0) is 43.0 Å². The number of likely N-dealkylation sites (tertiary alicyclic amines) is 1. The summed E-state index contributed by atoms with van der Waals surface area (Å²) in [6.45, 7) is 2.28. The van der Waals surface area contributed by atoms with Crippen LogP contribution in [0.2, 0.25) is 0 Å². The molecule has 0 unspecified atom stereocenters. The molecular formula is C35H37N5O5. The third kappa shape index (κ3) is 5.84. The largest absolute Gasteiger partial charge is 0.490 e. The second-order valence-electron chi connectivity index (χ2n) is 12.3. The summed E-state index contributed by atoms with van der Waals surface area (Å²) < 4.78 is 14.4. The molecule has 4 aliphatic rings. The predicted octanol–water partition coefficient (Wildman–Crippen LogP) is 3.70. The van der Waals surface area contributed by atoms with E-state index in [0.717, 1.165) is 18.4 Å². The summed E-state index contributed by atoms with van der Waals surface area (Å²) in [5.74, 6) is 0.889. The third-order valence-electron chi connectivity index (χ3n) is 9.26. The number of pyridine rings is 1. The molecule has 2 atom stereocenters. The number of aromatic nitrogens is 2. The van der Waals surface area contributed by atoms with Crippen LogP contribution in [-0.4, -0.2) is 82.8 Å². The quantitative estimate of drug-likeness (QED) is 0.371. The van der Waals surface area contributed by atoms with Crippen molar-refractivity contribution in [3.63, 3.8) is 0 Å². The Morgan fingerprint density at radius 2 is 1.87 bits per heavy atom. The summed E-state index contributed by atoms with van der Waals surface area (Å²) in [6, 6.07) is 21.7. The summed E-state index contributed by atoms with van der Waals surface area (Å²) in [4.78, 5) is 48.4. The SMILES string of the molecule is O=C1CN(C(=O)c2cn3ccccc3n2)CCCOc2cccc3c2OC[C@@]2(CN1)CN(C(=O)CCCc1ccccc1)C[C@@H]32. The van der Waals surface area contributed by atoms with Crippen LogP contribution in [0, 0.1) is 5.41 Å². The minimum atomic E-state index is -0.503. The maximum Gasteiger partial charge on any atom is 0.274 e. The van der Waals surface area contributed by atoms with E-state index in [2.05, 4.69) is 22.4 Å². The number of amides is 3. The molecule has 1 spiro atoms. The lowest BCUT2D eigenvalue weighted by Gasteiger charge is -2.40. The van der Waals surface area contributed by atoms with Crippen LogP contribution < -0.4 is 14.8 Å². The van der Waals surface area contributed by atoms with E-state index < -0.39 is 5.41 Å². The second kappa shape index (κ2) is 12.3. The molecule has 4 bridgehead atoms. The van der Waals surface area contributed by atoms with Crippen LogP contribution in [0.5, 0.6) is 11.5 Å². The van der Waals surface area contributed by atoms with E-state index in [4.69, 9.17) is 9.47 Å². The predicted molar refractivity (Wildman–Crippen MR) is 167 cm³/mol. The zero-order chi connectivity index (χ0) is 30.8. The molecule has 1 fully saturated rings. The van der Waals surface area contributed by atoms with Crippen LogP contribution in [0.1, 0.15) is 46.8 Å². The van der Waals surface area contributed by atoms with Gasteiger partial charge in [-0.1, -0.05) is 48.5 Å². The van der Waals surface area contributed by atoms with Gasteiger partial charge in [-0.15, -0.1) is 0 Å². The molecule has 6 heterocycles. The van der Waals surface area contributed by atoms with E-state index in [0.29, 0.717) is 69.4 Å². The summed E-state index contributed by atoms with van der Waals surface area (Å²) >= 11 is 0. The van der Waals surface area contributed by atoms with Crippen LogP contribution in [0.15, 0.2) is 79.1 Å². The van der Waals surface area contributed by atoms with Gasteiger partial charge in [0.2, 0.25) is 11.8 Å². The summed E-state index contributed by atoms with van der Waals surface area (Å²) in [5, 5.41) is 3.12. The zero-order valence-corrected chi connectivity index (χ0v) is 25.2. The van der Waals surface area contributed by atoms with Gasteiger partial charge in [0.25, 0.3) is 5.91 Å². The van der Waals surface area contributed by atoms with E-state index in [1.807, 2.05) is 65.7 Å². The highest BCUT2D eigenvalue weighted by Crippen LogP contribution is 2.52. The number of carbonyl (C=O) groups excluding carboxylic acids is 3. The van der Waals surface area contributed by atoms with Crippen molar-refractivity contribution in [1.29, 1.82) is 0 Å². The zero-order valence-electron chi connectivity index (χ0n) is 25.2. The fourth-order valence-electron chi connectivity index (χ4n) is 6.89. The van der Waals surface area contributed by atoms with Gasteiger partial charge in [0.15, 0.2) is 11.5 Å². The highest BCUT2D eigenvalue weighted by Gasteiger charge is 2.53. The number of ether oxygens (including phenoxy) is 2. The molecule has 45 heavy (non-hydrogen) atoms. The smallest absolute Gasteiger partial charge is 0.274 e. The highest BCUT2D eigenvalue weighted by atomic mass is 16.5. The average molecular weight is 608 g/mol. The first-order chi connectivity index (χ1) is 22.0. The molecule has 4 aromatic rings. The topological polar surface area (TPSA) is 105 Å². The number of benzene rings is 2. The first-order valence-corrected chi connectivity index (χ1v) is 15.7. The molecule has 10 heteroatoms. The minimum absolute atomic E-state index is 0.0261. The van der Waals surface area contributed by atoms with Crippen LogP contribution in [0.3, 0.4) is 0 Å². The van der Waals surface area contributed by atoms with E-state index >= 15 is 0 Å². The Morgan fingerprint density at radius 3 is 2.73 bits per heavy atom. The van der Waals surface area contributed by atoms with Crippen molar-refractivity contribution in [3.05, 3.63) is 95.9 Å².